The zero-order valence-electron chi connectivity index (χ0n) is 7.92. The van der Waals surface area contributed by atoms with Crippen LogP contribution in [0.4, 0.5) is 0 Å². The van der Waals surface area contributed by atoms with E-state index >= 15 is 0 Å². The molecule has 0 radical (unpaired) electrons. The number of ether oxygens (including phenoxy) is 1. The van der Waals surface area contributed by atoms with E-state index in [0.29, 0.717) is 11.3 Å². The van der Waals surface area contributed by atoms with Crippen LogP contribution in [0.25, 0.3) is 0 Å². The fourth-order valence-corrected chi connectivity index (χ4v) is 1.80. The fraction of sp³-hybridized carbons (Fsp3) is 1.00. The van der Waals surface area contributed by atoms with Crippen LogP contribution in [0.3, 0.4) is 0 Å². The lowest BCUT2D eigenvalue weighted by Crippen LogP contribution is -2.41. The van der Waals surface area contributed by atoms with Gasteiger partial charge in [0.05, 0.1) is 6.61 Å². The number of methoxy groups -OCH3 is 1. The Morgan fingerprint density at radius 3 is 2.92 bits per heavy atom. The molecule has 1 aliphatic heterocycles. The predicted molar refractivity (Wildman–Crippen MR) is 51.7 cm³/mol. The van der Waals surface area contributed by atoms with Crippen LogP contribution in [0.5, 0.6) is 0 Å². The Balaban J connectivity index is 2.21. The fourth-order valence-electron chi connectivity index (χ4n) is 1.63. The number of piperidine rings is 1. The van der Waals surface area contributed by atoms with Gasteiger partial charge in [-0.25, -0.2) is 0 Å². The third-order valence-electron chi connectivity index (χ3n) is 2.50. The maximum absolute atomic E-state index is 6.11. The summed E-state index contributed by atoms with van der Waals surface area (Å²) in [7, 11) is 1.75. The summed E-state index contributed by atoms with van der Waals surface area (Å²) in [6.07, 6.45) is 1.12. The minimum atomic E-state index is 0.379. The highest BCUT2D eigenvalue weighted by atomic mass is 35.5. The molecule has 0 spiro atoms. The molecule has 0 N–H and O–H groups in total. The van der Waals surface area contributed by atoms with E-state index in [2.05, 4.69) is 11.8 Å². The van der Waals surface area contributed by atoms with Crippen molar-refractivity contribution in [1.82, 2.24) is 4.90 Å². The first-order chi connectivity index (χ1) is 5.74. The van der Waals surface area contributed by atoms with Crippen molar-refractivity contribution >= 4 is 11.6 Å². The number of halogens is 1. The molecule has 72 valence electrons. The Labute approximate surface area is 79.8 Å². The van der Waals surface area contributed by atoms with Crippen LogP contribution in [-0.4, -0.2) is 43.6 Å². The monoisotopic (exact) mass is 191 g/mol. The summed E-state index contributed by atoms with van der Waals surface area (Å²) in [5, 5.41) is 0.379. The highest BCUT2D eigenvalue weighted by molar-refractivity contribution is 6.20. The van der Waals surface area contributed by atoms with Crippen LogP contribution in [0.15, 0.2) is 0 Å². The van der Waals surface area contributed by atoms with Crippen molar-refractivity contribution in [3.8, 4) is 0 Å². The van der Waals surface area contributed by atoms with Gasteiger partial charge in [0.15, 0.2) is 0 Å². The average molecular weight is 192 g/mol. The lowest BCUT2D eigenvalue weighted by molar-refractivity contribution is 0.120. The highest BCUT2D eigenvalue weighted by Crippen LogP contribution is 2.21. The Hall–Kier alpha value is 0.210. The molecule has 2 nitrogen and oxygen atoms in total. The molecule has 0 saturated carbocycles. The number of hydrogen-bond donors (Lipinski definition) is 0. The predicted octanol–water partition coefficient (Wildman–Crippen LogP) is 1.58. The molecule has 1 saturated heterocycles. The molecule has 0 bridgehead atoms. The molecular weight excluding hydrogens is 174 g/mol. The van der Waals surface area contributed by atoms with Crippen LogP contribution >= 0.6 is 11.6 Å². The number of likely N-dealkylation sites (tertiary alicyclic amines) is 1. The van der Waals surface area contributed by atoms with Crippen molar-refractivity contribution < 1.29 is 4.74 Å². The minimum Gasteiger partial charge on any atom is -0.383 e. The van der Waals surface area contributed by atoms with Crippen molar-refractivity contribution in [3.63, 3.8) is 0 Å². The first-order valence-electron chi connectivity index (χ1n) is 4.59. The molecule has 0 aromatic carbocycles. The number of rotatable bonds is 3. The first-order valence-corrected chi connectivity index (χ1v) is 5.03. The van der Waals surface area contributed by atoms with Gasteiger partial charge >= 0.3 is 0 Å². The highest BCUT2D eigenvalue weighted by Gasteiger charge is 2.23. The molecule has 3 heteroatoms. The molecular formula is C9H18ClNO. The van der Waals surface area contributed by atoms with Crippen LogP contribution in [0.1, 0.15) is 13.3 Å². The van der Waals surface area contributed by atoms with E-state index < -0.39 is 0 Å². The number of hydrogen-bond acceptors (Lipinski definition) is 2. The molecule has 1 heterocycles. The third kappa shape index (κ3) is 2.92. The maximum Gasteiger partial charge on any atom is 0.0589 e. The summed E-state index contributed by atoms with van der Waals surface area (Å²) in [5.41, 5.74) is 0. The van der Waals surface area contributed by atoms with E-state index in [1.54, 1.807) is 7.11 Å². The first kappa shape index (κ1) is 10.3. The number of nitrogens with zero attached hydrogens (tertiary/aromatic N) is 1. The summed E-state index contributed by atoms with van der Waals surface area (Å²) < 4.78 is 5.03. The molecule has 12 heavy (non-hydrogen) atoms. The molecule has 1 rings (SSSR count). The molecule has 2 unspecified atom stereocenters. The largest absolute Gasteiger partial charge is 0.383 e. The van der Waals surface area contributed by atoms with Gasteiger partial charge in [-0.2, -0.15) is 0 Å². The summed E-state index contributed by atoms with van der Waals surface area (Å²) in [4.78, 5) is 2.42. The van der Waals surface area contributed by atoms with Gasteiger partial charge in [0, 0.05) is 25.6 Å². The molecule has 2 atom stereocenters. The van der Waals surface area contributed by atoms with Crippen LogP contribution < -0.4 is 0 Å². The van der Waals surface area contributed by atoms with Crippen LogP contribution in [0, 0.1) is 5.92 Å². The van der Waals surface area contributed by atoms with E-state index in [0.717, 1.165) is 32.7 Å². The van der Waals surface area contributed by atoms with Gasteiger partial charge < -0.3 is 9.64 Å². The summed E-state index contributed by atoms with van der Waals surface area (Å²) in [6, 6.07) is 0. The Bertz CT molecular complexity index is 130. The zero-order chi connectivity index (χ0) is 8.97. The number of alkyl halides is 1. The average Bonchev–Trinajstić information content (AvgIpc) is 2.07. The van der Waals surface area contributed by atoms with Gasteiger partial charge in [0.25, 0.3) is 0 Å². The quantitative estimate of drug-likeness (QED) is 0.629. The van der Waals surface area contributed by atoms with Crippen molar-refractivity contribution in [1.29, 1.82) is 0 Å². The lowest BCUT2D eigenvalue weighted by Gasteiger charge is -2.33. The van der Waals surface area contributed by atoms with Gasteiger partial charge in [0.2, 0.25) is 0 Å². The van der Waals surface area contributed by atoms with Gasteiger partial charge in [-0.1, -0.05) is 6.92 Å². The van der Waals surface area contributed by atoms with Crippen molar-refractivity contribution in [2.75, 3.05) is 33.4 Å². The van der Waals surface area contributed by atoms with E-state index in [-0.39, 0.29) is 0 Å². The summed E-state index contributed by atoms with van der Waals surface area (Å²) >= 11 is 6.11. The molecule has 1 aliphatic rings. The second kappa shape index (κ2) is 5.05. The molecule has 0 aliphatic carbocycles. The minimum absolute atomic E-state index is 0.379. The van der Waals surface area contributed by atoms with E-state index in [1.165, 1.54) is 0 Å². The van der Waals surface area contributed by atoms with Gasteiger partial charge in [-0.05, 0) is 18.9 Å². The van der Waals surface area contributed by atoms with Crippen LogP contribution in [0.2, 0.25) is 0 Å². The van der Waals surface area contributed by atoms with E-state index in [4.69, 9.17) is 16.3 Å². The standard InChI is InChI=1S/C9H18ClNO/c1-8-7-11(5-6-12-2)4-3-9(8)10/h8-9H,3-7H2,1-2H3. The maximum atomic E-state index is 6.11. The van der Waals surface area contributed by atoms with Gasteiger partial charge in [-0.3, -0.25) is 0 Å². The van der Waals surface area contributed by atoms with Gasteiger partial charge in [-0.15, -0.1) is 11.6 Å². The second-order valence-electron chi connectivity index (χ2n) is 3.58. The summed E-state index contributed by atoms with van der Waals surface area (Å²) in [5.74, 6) is 0.622. The lowest BCUT2D eigenvalue weighted by atomic mass is 10.00. The Kier molecular flexibility index (Phi) is 4.33. The molecule has 0 aromatic heterocycles. The third-order valence-corrected chi connectivity index (χ3v) is 3.14. The topological polar surface area (TPSA) is 12.5 Å². The molecule has 0 aromatic rings. The van der Waals surface area contributed by atoms with Crippen molar-refractivity contribution in [2.45, 2.75) is 18.7 Å². The van der Waals surface area contributed by atoms with E-state index in [1.807, 2.05) is 0 Å². The van der Waals surface area contributed by atoms with Gasteiger partial charge in [0.1, 0.15) is 0 Å². The normalized spacial score (nSPS) is 32.2. The summed E-state index contributed by atoms with van der Waals surface area (Å²) in [6.45, 7) is 6.35. The zero-order valence-corrected chi connectivity index (χ0v) is 8.68. The van der Waals surface area contributed by atoms with Crippen molar-refractivity contribution in [2.24, 2.45) is 5.92 Å². The van der Waals surface area contributed by atoms with Crippen LogP contribution in [-0.2, 0) is 4.74 Å². The molecule has 1 fully saturated rings. The Morgan fingerprint density at radius 2 is 2.33 bits per heavy atom. The van der Waals surface area contributed by atoms with Crippen molar-refractivity contribution in [3.05, 3.63) is 0 Å². The van der Waals surface area contributed by atoms with E-state index in [9.17, 15) is 0 Å². The molecule has 0 amide bonds. The Morgan fingerprint density at radius 1 is 1.58 bits per heavy atom. The second-order valence-corrected chi connectivity index (χ2v) is 4.14. The smallest absolute Gasteiger partial charge is 0.0589 e. The SMILES string of the molecule is COCCN1CCC(Cl)C(C)C1.